The number of nitrogens with zero attached hydrogens (tertiary/aromatic N) is 1. The van der Waals surface area contributed by atoms with Crippen LogP contribution in [-0.2, 0) is 14.3 Å². The van der Waals surface area contributed by atoms with Gasteiger partial charge in [-0.15, -0.1) is 0 Å². The molecule has 0 saturated carbocycles. The number of carbonyl (C=O) groups is 2. The summed E-state index contributed by atoms with van der Waals surface area (Å²) in [6.07, 6.45) is -0.290. The van der Waals surface area contributed by atoms with Crippen molar-refractivity contribution >= 4 is 11.9 Å². The molecule has 1 rings (SSSR count). The molecule has 0 aliphatic carbocycles. The summed E-state index contributed by atoms with van der Waals surface area (Å²) in [7, 11) is 0. The van der Waals surface area contributed by atoms with Gasteiger partial charge in [0.05, 0.1) is 12.0 Å². The highest BCUT2D eigenvalue weighted by molar-refractivity contribution is 5.80. The Morgan fingerprint density at radius 3 is 2.53 bits per heavy atom. The number of carboxylic acid groups (broad SMARTS) is 1. The highest BCUT2D eigenvalue weighted by atomic mass is 16.5. The molecule has 6 heteroatoms. The summed E-state index contributed by atoms with van der Waals surface area (Å²) in [5.41, 5.74) is 0. The maximum Gasteiger partial charge on any atom is 0.307 e. The number of aliphatic carboxylic acids is 1. The molecule has 3 atom stereocenters. The molecule has 0 bridgehead atoms. The van der Waals surface area contributed by atoms with Gasteiger partial charge >= 0.3 is 5.97 Å². The third-order valence-corrected chi connectivity index (χ3v) is 3.48. The Hall–Kier alpha value is -1.14. The van der Waals surface area contributed by atoms with Gasteiger partial charge < -0.3 is 20.1 Å². The third kappa shape index (κ3) is 4.47. The van der Waals surface area contributed by atoms with Crippen LogP contribution >= 0.6 is 0 Å². The summed E-state index contributed by atoms with van der Waals surface area (Å²) in [4.78, 5) is 24.7. The zero-order valence-corrected chi connectivity index (χ0v) is 11.9. The van der Waals surface area contributed by atoms with E-state index in [0.29, 0.717) is 32.6 Å². The molecule has 0 aromatic rings. The van der Waals surface area contributed by atoms with Crippen LogP contribution in [0, 0.1) is 5.92 Å². The fourth-order valence-electron chi connectivity index (χ4n) is 2.33. The Morgan fingerprint density at radius 1 is 1.37 bits per heavy atom. The Balaban J connectivity index is 2.49. The summed E-state index contributed by atoms with van der Waals surface area (Å²) in [5.74, 6) is -1.29. The molecule has 1 aliphatic rings. The van der Waals surface area contributed by atoms with Crippen molar-refractivity contribution < 1.29 is 19.4 Å². The van der Waals surface area contributed by atoms with Crippen LogP contribution < -0.4 is 5.32 Å². The molecule has 110 valence electrons. The summed E-state index contributed by atoms with van der Waals surface area (Å²) in [5, 5.41) is 12.0. The molecule has 1 fully saturated rings. The lowest BCUT2D eigenvalue weighted by Gasteiger charge is -2.31. The Kier molecular flexibility index (Phi) is 6.24. The van der Waals surface area contributed by atoms with Gasteiger partial charge in [0.15, 0.2) is 0 Å². The Bertz CT molecular complexity index is 318. The molecule has 0 radical (unpaired) electrons. The van der Waals surface area contributed by atoms with E-state index in [1.807, 2.05) is 13.8 Å². The maximum atomic E-state index is 12.1. The molecule has 19 heavy (non-hydrogen) atoms. The Labute approximate surface area is 114 Å². The quantitative estimate of drug-likeness (QED) is 0.728. The van der Waals surface area contributed by atoms with Crippen molar-refractivity contribution in [1.82, 2.24) is 10.2 Å². The van der Waals surface area contributed by atoms with E-state index < -0.39 is 18.0 Å². The standard InChI is InChI=1S/C13H24N2O4/c1-4-15(5-2)12(16)9(3)19-11-6-10(13(17)18)7-14-8-11/h9-11,14H,4-8H2,1-3H3,(H,17,18). The third-order valence-electron chi connectivity index (χ3n) is 3.48. The van der Waals surface area contributed by atoms with E-state index in [1.54, 1.807) is 11.8 Å². The van der Waals surface area contributed by atoms with Crippen molar-refractivity contribution in [3.63, 3.8) is 0 Å². The first-order valence-corrected chi connectivity index (χ1v) is 6.87. The zero-order valence-electron chi connectivity index (χ0n) is 11.9. The molecule has 1 aliphatic heterocycles. The largest absolute Gasteiger partial charge is 0.481 e. The molecular weight excluding hydrogens is 248 g/mol. The lowest BCUT2D eigenvalue weighted by molar-refractivity contribution is -0.150. The van der Waals surface area contributed by atoms with E-state index in [9.17, 15) is 9.59 Å². The first-order chi connectivity index (χ1) is 8.99. The highest BCUT2D eigenvalue weighted by Crippen LogP contribution is 2.16. The topological polar surface area (TPSA) is 78.9 Å². The van der Waals surface area contributed by atoms with Crippen molar-refractivity contribution in [2.75, 3.05) is 26.2 Å². The molecule has 1 amide bonds. The van der Waals surface area contributed by atoms with Crippen molar-refractivity contribution in [3.05, 3.63) is 0 Å². The van der Waals surface area contributed by atoms with Gasteiger partial charge in [-0.3, -0.25) is 9.59 Å². The number of nitrogens with one attached hydrogen (secondary N) is 1. The number of piperidine rings is 1. The normalized spacial score (nSPS) is 24.8. The second-order valence-corrected chi connectivity index (χ2v) is 4.84. The lowest BCUT2D eigenvalue weighted by Crippen LogP contribution is -2.47. The smallest absolute Gasteiger partial charge is 0.307 e. The van der Waals surface area contributed by atoms with Gasteiger partial charge in [-0.1, -0.05) is 0 Å². The number of hydrogen-bond donors (Lipinski definition) is 2. The number of ether oxygens (including phenoxy) is 1. The van der Waals surface area contributed by atoms with Crippen LogP contribution in [0.4, 0.5) is 0 Å². The van der Waals surface area contributed by atoms with Gasteiger partial charge in [0.1, 0.15) is 6.10 Å². The first-order valence-electron chi connectivity index (χ1n) is 6.87. The number of amides is 1. The number of hydrogen-bond acceptors (Lipinski definition) is 4. The number of rotatable bonds is 6. The molecule has 3 unspecified atom stereocenters. The van der Waals surface area contributed by atoms with Crippen LogP contribution in [0.1, 0.15) is 27.2 Å². The van der Waals surface area contributed by atoms with Crippen molar-refractivity contribution in [3.8, 4) is 0 Å². The summed E-state index contributed by atoms with van der Waals surface area (Å²) >= 11 is 0. The van der Waals surface area contributed by atoms with Gasteiger partial charge in [-0.25, -0.2) is 0 Å². The van der Waals surface area contributed by atoms with Crippen LogP contribution in [0.15, 0.2) is 0 Å². The van der Waals surface area contributed by atoms with E-state index >= 15 is 0 Å². The second kappa shape index (κ2) is 7.45. The van der Waals surface area contributed by atoms with Gasteiger partial charge in [-0.2, -0.15) is 0 Å². The van der Waals surface area contributed by atoms with Crippen LogP contribution in [-0.4, -0.2) is 60.3 Å². The van der Waals surface area contributed by atoms with Gasteiger partial charge in [0, 0.05) is 26.2 Å². The molecule has 0 aromatic carbocycles. The summed E-state index contributed by atoms with van der Waals surface area (Å²) in [6.45, 7) is 7.96. The minimum atomic E-state index is -0.816. The van der Waals surface area contributed by atoms with Crippen molar-refractivity contribution in [2.24, 2.45) is 5.92 Å². The predicted octanol–water partition coefficient (Wildman–Crippen LogP) is 0.323. The van der Waals surface area contributed by atoms with Crippen LogP contribution in [0.2, 0.25) is 0 Å². The number of likely N-dealkylation sites (N-methyl/N-ethyl adjacent to an activating group) is 1. The monoisotopic (exact) mass is 272 g/mol. The summed E-state index contributed by atoms with van der Waals surface area (Å²) in [6, 6.07) is 0. The van der Waals surface area contributed by atoms with Crippen LogP contribution in [0.5, 0.6) is 0 Å². The molecule has 0 spiro atoms. The predicted molar refractivity (Wildman–Crippen MR) is 70.9 cm³/mol. The molecule has 6 nitrogen and oxygen atoms in total. The van der Waals surface area contributed by atoms with E-state index in [0.717, 1.165) is 0 Å². The fraction of sp³-hybridized carbons (Fsp3) is 0.846. The zero-order chi connectivity index (χ0) is 14.4. The first kappa shape index (κ1) is 15.9. The van der Waals surface area contributed by atoms with Crippen LogP contribution in [0.25, 0.3) is 0 Å². The molecule has 1 saturated heterocycles. The molecule has 1 heterocycles. The van der Waals surface area contributed by atoms with E-state index in [-0.39, 0.29) is 12.0 Å². The summed E-state index contributed by atoms with van der Waals surface area (Å²) < 4.78 is 5.70. The molecular formula is C13H24N2O4. The number of carbonyl (C=O) groups excluding carboxylic acids is 1. The van der Waals surface area contributed by atoms with Crippen molar-refractivity contribution in [1.29, 1.82) is 0 Å². The number of carboxylic acids is 1. The van der Waals surface area contributed by atoms with Gasteiger partial charge in [0.2, 0.25) is 0 Å². The molecule has 2 N–H and O–H groups in total. The van der Waals surface area contributed by atoms with E-state index in [2.05, 4.69) is 5.32 Å². The van der Waals surface area contributed by atoms with Crippen molar-refractivity contribution in [2.45, 2.75) is 39.4 Å². The average molecular weight is 272 g/mol. The minimum absolute atomic E-state index is 0.0394. The van der Waals surface area contributed by atoms with Gasteiger partial charge in [0.25, 0.3) is 5.91 Å². The van der Waals surface area contributed by atoms with Gasteiger partial charge in [-0.05, 0) is 27.2 Å². The lowest BCUT2D eigenvalue weighted by atomic mass is 9.97. The average Bonchev–Trinajstić information content (AvgIpc) is 2.40. The Morgan fingerprint density at radius 2 is 2.00 bits per heavy atom. The minimum Gasteiger partial charge on any atom is -0.481 e. The second-order valence-electron chi connectivity index (χ2n) is 4.84. The van der Waals surface area contributed by atoms with Crippen LogP contribution in [0.3, 0.4) is 0 Å². The van der Waals surface area contributed by atoms with E-state index in [4.69, 9.17) is 9.84 Å². The fourth-order valence-corrected chi connectivity index (χ4v) is 2.33. The highest BCUT2D eigenvalue weighted by Gasteiger charge is 2.30. The maximum absolute atomic E-state index is 12.1. The SMILES string of the molecule is CCN(CC)C(=O)C(C)OC1CNCC(C(=O)O)C1. The van der Waals surface area contributed by atoms with E-state index in [1.165, 1.54) is 0 Å². The molecule has 0 aromatic heterocycles.